The summed E-state index contributed by atoms with van der Waals surface area (Å²) in [6, 6.07) is 5.44. The largest absolute Gasteiger partial charge is 0.274 e. The van der Waals surface area contributed by atoms with Crippen molar-refractivity contribution in [2.24, 2.45) is 5.92 Å². The number of carbonyl (C=O) groups is 2. The molecular formula is C13H12INO2. The molecule has 1 aromatic carbocycles. The van der Waals surface area contributed by atoms with E-state index in [4.69, 9.17) is 0 Å². The first-order chi connectivity index (χ1) is 8.16. The van der Waals surface area contributed by atoms with E-state index < -0.39 is 0 Å². The van der Waals surface area contributed by atoms with Crippen LogP contribution >= 0.6 is 22.6 Å². The van der Waals surface area contributed by atoms with E-state index in [0.717, 1.165) is 16.4 Å². The van der Waals surface area contributed by atoms with Gasteiger partial charge in [0.05, 0.1) is 11.1 Å². The van der Waals surface area contributed by atoms with Gasteiger partial charge in [-0.1, -0.05) is 6.42 Å². The van der Waals surface area contributed by atoms with Gasteiger partial charge in [-0.05, 0) is 59.5 Å². The number of amides is 2. The van der Waals surface area contributed by atoms with Gasteiger partial charge in [0.1, 0.15) is 0 Å². The Balaban J connectivity index is 1.90. The number of imide groups is 1. The van der Waals surface area contributed by atoms with Crippen molar-refractivity contribution < 1.29 is 9.59 Å². The molecule has 2 aliphatic rings. The molecule has 1 saturated carbocycles. The summed E-state index contributed by atoms with van der Waals surface area (Å²) in [6.07, 6.45) is 3.52. The van der Waals surface area contributed by atoms with Gasteiger partial charge >= 0.3 is 0 Å². The molecule has 3 rings (SSSR count). The Kier molecular flexibility index (Phi) is 2.69. The minimum absolute atomic E-state index is 0.115. The quantitative estimate of drug-likeness (QED) is 0.613. The Labute approximate surface area is 113 Å². The molecule has 0 atom stereocenters. The molecule has 0 aromatic heterocycles. The summed E-state index contributed by atoms with van der Waals surface area (Å²) >= 11 is 2.16. The first kappa shape index (κ1) is 11.2. The van der Waals surface area contributed by atoms with E-state index in [0.29, 0.717) is 23.6 Å². The van der Waals surface area contributed by atoms with Gasteiger partial charge in [0.25, 0.3) is 11.8 Å². The minimum atomic E-state index is -0.117. The lowest BCUT2D eigenvalue weighted by molar-refractivity contribution is 0.0601. The Bertz CT molecular complexity index is 508. The fourth-order valence-corrected chi connectivity index (χ4v) is 2.85. The number of carbonyl (C=O) groups excluding carboxylic acids is 2. The van der Waals surface area contributed by atoms with Gasteiger partial charge in [0.2, 0.25) is 0 Å². The van der Waals surface area contributed by atoms with Crippen LogP contribution in [0.5, 0.6) is 0 Å². The minimum Gasteiger partial charge on any atom is -0.274 e. The van der Waals surface area contributed by atoms with Crippen LogP contribution in [0, 0.1) is 9.49 Å². The highest BCUT2D eigenvalue weighted by Gasteiger charge is 2.37. The summed E-state index contributed by atoms with van der Waals surface area (Å²) in [5, 5.41) is 0. The van der Waals surface area contributed by atoms with Crippen LogP contribution in [0.15, 0.2) is 18.2 Å². The fourth-order valence-electron chi connectivity index (χ4n) is 2.36. The van der Waals surface area contributed by atoms with Gasteiger partial charge in [-0.2, -0.15) is 0 Å². The number of hydrogen-bond acceptors (Lipinski definition) is 2. The molecular weight excluding hydrogens is 329 g/mol. The summed E-state index contributed by atoms with van der Waals surface area (Å²) in [4.78, 5) is 25.7. The smallest absolute Gasteiger partial charge is 0.261 e. The normalized spacial score (nSPS) is 19.5. The molecule has 17 heavy (non-hydrogen) atoms. The molecule has 1 heterocycles. The van der Waals surface area contributed by atoms with Crippen molar-refractivity contribution >= 4 is 34.4 Å². The monoisotopic (exact) mass is 341 g/mol. The Morgan fingerprint density at radius 2 is 1.88 bits per heavy atom. The summed E-state index contributed by atoms with van der Waals surface area (Å²) in [6.45, 7) is 0.600. The lowest BCUT2D eigenvalue weighted by Crippen LogP contribution is -2.36. The number of rotatable bonds is 2. The number of halogens is 1. The van der Waals surface area contributed by atoms with Crippen LogP contribution in [0.3, 0.4) is 0 Å². The first-order valence-electron chi connectivity index (χ1n) is 5.82. The van der Waals surface area contributed by atoms with E-state index in [1.165, 1.54) is 11.3 Å². The Morgan fingerprint density at radius 3 is 2.53 bits per heavy atom. The molecule has 0 radical (unpaired) electrons. The van der Waals surface area contributed by atoms with E-state index in [1.807, 2.05) is 6.07 Å². The van der Waals surface area contributed by atoms with Gasteiger partial charge in [-0.25, -0.2) is 0 Å². The SMILES string of the molecule is O=C1c2ccc(I)cc2C(=O)N1CC1CCC1. The molecule has 1 aliphatic carbocycles. The maximum Gasteiger partial charge on any atom is 0.261 e. The second-order valence-electron chi connectivity index (χ2n) is 4.71. The zero-order valence-corrected chi connectivity index (χ0v) is 11.4. The van der Waals surface area contributed by atoms with Gasteiger partial charge in [-0.15, -0.1) is 0 Å². The molecule has 1 aliphatic heterocycles. The number of hydrogen-bond donors (Lipinski definition) is 0. The molecule has 0 saturated heterocycles. The first-order valence-corrected chi connectivity index (χ1v) is 6.90. The van der Waals surface area contributed by atoms with E-state index in [1.54, 1.807) is 12.1 Å². The van der Waals surface area contributed by atoms with Crippen LogP contribution in [-0.2, 0) is 0 Å². The third-order valence-corrected chi connectivity index (χ3v) is 4.27. The predicted octanol–water partition coefficient (Wildman–Crippen LogP) is 2.69. The molecule has 0 N–H and O–H groups in total. The third-order valence-electron chi connectivity index (χ3n) is 3.60. The molecule has 2 amide bonds. The molecule has 4 heteroatoms. The lowest BCUT2D eigenvalue weighted by Gasteiger charge is -2.28. The highest BCUT2D eigenvalue weighted by Crippen LogP contribution is 2.31. The van der Waals surface area contributed by atoms with Crippen LogP contribution in [-0.4, -0.2) is 23.3 Å². The summed E-state index contributed by atoms with van der Waals surface area (Å²) in [5.74, 6) is 0.292. The summed E-state index contributed by atoms with van der Waals surface area (Å²) in [7, 11) is 0. The maximum atomic E-state index is 12.1. The summed E-state index contributed by atoms with van der Waals surface area (Å²) < 4.78 is 0.994. The van der Waals surface area contributed by atoms with Crippen LogP contribution < -0.4 is 0 Å². The highest BCUT2D eigenvalue weighted by molar-refractivity contribution is 14.1. The number of nitrogens with zero attached hydrogens (tertiary/aromatic N) is 1. The Hall–Kier alpha value is -0.910. The van der Waals surface area contributed by atoms with Gasteiger partial charge in [-0.3, -0.25) is 14.5 Å². The fraction of sp³-hybridized carbons (Fsp3) is 0.385. The molecule has 1 aromatic rings. The van der Waals surface area contributed by atoms with Gasteiger partial charge in [0.15, 0.2) is 0 Å². The number of fused-ring (bicyclic) bond motifs is 1. The average Bonchev–Trinajstić information content (AvgIpc) is 2.47. The summed E-state index contributed by atoms with van der Waals surface area (Å²) in [5.41, 5.74) is 1.14. The zero-order valence-electron chi connectivity index (χ0n) is 9.28. The van der Waals surface area contributed by atoms with Crippen LogP contribution in [0.1, 0.15) is 40.0 Å². The topological polar surface area (TPSA) is 37.4 Å². The van der Waals surface area contributed by atoms with Crippen LogP contribution in [0.2, 0.25) is 0 Å². The van der Waals surface area contributed by atoms with E-state index >= 15 is 0 Å². The second-order valence-corrected chi connectivity index (χ2v) is 5.95. The average molecular weight is 341 g/mol. The van der Waals surface area contributed by atoms with Crippen molar-refractivity contribution in [1.29, 1.82) is 0 Å². The predicted molar refractivity (Wildman–Crippen MR) is 71.9 cm³/mol. The lowest BCUT2D eigenvalue weighted by atomic mass is 9.85. The standard InChI is InChI=1S/C13H12INO2/c14-9-4-5-10-11(6-9)13(17)15(12(10)16)7-8-2-1-3-8/h4-6,8H,1-3,7H2. The second kappa shape index (κ2) is 4.08. The number of benzene rings is 1. The molecule has 3 nitrogen and oxygen atoms in total. The van der Waals surface area contributed by atoms with E-state index in [2.05, 4.69) is 22.6 Å². The van der Waals surface area contributed by atoms with Crippen LogP contribution in [0.4, 0.5) is 0 Å². The molecule has 0 bridgehead atoms. The van der Waals surface area contributed by atoms with Crippen molar-refractivity contribution in [2.75, 3.05) is 6.54 Å². The third kappa shape index (κ3) is 1.78. The molecule has 0 unspecified atom stereocenters. The van der Waals surface area contributed by atoms with Crippen LogP contribution in [0.25, 0.3) is 0 Å². The van der Waals surface area contributed by atoms with Gasteiger partial charge < -0.3 is 0 Å². The zero-order chi connectivity index (χ0) is 12.0. The van der Waals surface area contributed by atoms with Crippen molar-refractivity contribution in [3.05, 3.63) is 32.9 Å². The van der Waals surface area contributed by atoms with E-state index in [9.17, 15) is 9.59 Å². The van der Waals surface area contributed by atoms with E-state index in [-0.39, 0.29) is 11.8 Å². The molecule has 1 fully saturated rings. The van der Waals surface area contributed by atoms with Gasteiger partial charge in [0, 0.05) is 10.1 Å². The van der Waals surface area contributed by atoms with Crippen molar-refractivity contribution in [1.82, 2.24) is 4.90 Å². The van der Waals surface area contributed by atoms with Crippen molar-refractivity contribution in [3.63, 3.8) is 0 Å². The van der Waals surface area contributed by atoms with Crippen molar-refractivity contribution in [2.45, 2.75) is 19.3 Å². The highest BCUT2D eigenvalue weighted by atomic mass is 127. The van der Waals surface area contributed by atoms with Crippen molar-refractivity contribution in [3.8, 4) is 0 Å². The molecule has 0 spiro atoms. The Morgan fingerprint density at radius 1 is 1.18 bits per heavy atom. The maximum absolute atomic E-state index is 12.1. The molecule has 88 valence electrons.